The van der Waals surface area contributed by atoms with Crippen LogP contribution in [-0.2, 0) is 6.42 Å². The first-order chi connectivity index (χ1) is 11.6. The van der Waals surface area contributed by atoms with Crippen molar-refractivity contribution in [3.63, 3.8) is 0 Å². The van der Waals surface area contributed by atoms with Gasteiger partial charge in [0.2, 0.25) is 0 Å². The largest absolute Gasteiger partial charge is 0.388 e. The van der Waals surface area contributed by atoms with E-state index in [9.17, 15) is 15.3 Å². The van der Waals surface area contributed by atoms with Crippen LogP contribution in [0.15, 0.2) is 36.4 Å². The molecule has 0 amide bonds. The number of hydrogen-bond donors (Lipinski definition) is 3. The first-order valence-electron chi connectivity index (χ1n) is 8.30. The van der Waals surface area contributed by atoms with Gasteiger partial charge in [0.25, 0.3) is 0 Å². The molecule has 0 aromatic heterocycles. The summed E-state index contributed by atoms with van der Waals surface area (Å²) in [7, 11) is 0. The Labute approximate surface area is 139 Å². The van der Waals surface area contributed by atoms with Crippen molar-refractivity contribution in [1.82, 2.24) is 0 Å². The lowest BCUT2D eigenvalue weighted by molar-refractivity contribution is 0.0471. The zero-order chi connectivity index (χ0) is 16.6. The van der Waals surface area contributed by atoms with Gasteiger partial charge in [-0.25, -0.2) is 0 Å². The lowest BCUT2D eigenvalue weighted by Crippen LogP contribution is -2.19. The molecule has 0 aliphatic heterocycles. The fourth-order valence-corrected chi connectivity index (χ4v) is 4.37. The van der Waals surface area contributed by atoms with Crippen LogP contribution in [0.3, 0.4) is 0 Å². The predicted octanol–water partition coefficient (Wildman–Crippen LogP) is 3.31. The van der Waals surface area contributed by atoms with E-state index in [4.69, 9.17) is 0 Å². The van der Waals surface area contributed by atoms with E-state index in [0.29, 0.717) is 6.42 Å². The Balaban J connectivity index is 1.95. The van der Waals surface area contributed by atoms with Crippen molar-refractivity contribution >= 4 is 27.6 Å². The molecule has 0 heterocycles. The van der Waals surface area contributed by atoms with E-state index in [-0.39, 0.29) is 0 Å². The number of hydrogen-bond acceptors (Lipinski definition) is 3. The summed E-state index contributed by atoms with van der Waals surface area (Å²) in [6.45, 7) is 2.09. The minimum Gasteiger partial charge on any atom is -0.388 e. The summed E-state index contributed by atoms with van der Waals surface area (Å²) < 4.78 is 0. The van der Waals surface area contributed by atoms with Crippen LogP contribution >= 0.6 is 0 Å². The lowest BCUT2D eigenvalue weighted by atomic mass is 9.86. The number of aliphatic hydroxyl groups excluding tert-OH is 3. The van der Waals surface area contributed by atoms with Gasteiger partial charge >= 0.3 is 0 Å². The van der Waals surface area contributed by atoms with Crippen LogP contribution in [0.4, 0.5) is 0 Å². The normalized spacial score (nSPS) is 24.8. The predicted molar refractivity (Wildman–Crippen MR) is 94.9 cm³/mol. The van der Waals surface area contributed by atoms with E-state index in [1.54, 1.807) is 6.08 Å². The van der Waals surface area contributed by atoms with Gasteiger partial charge in [0, 0.05) is 6.42 Å². The Morgan fingerprint density at radius 3 is 2.67 bits per heavy atom. The summed E-state index contributed by atoms with van der Waals surface area (Å²) in [5, 5.41) is 35.2. The molecule has 0 spiro atoms. The highest BCUT2D eigenvalue weighted by Crippen LogP contribution is 2.45. The summed E-state index contributed by atoms with van der Waals surface area (Å²) >= 11 is 0. The zero-order valence-corrected chi connectivity index (χ0v) is 13.3. The summed E-state index contributed by atoms with van der Waals surface area (Å²) in [5.74, 6) is 0. The molecule has 3 atom stereocenters. The van der Waals surface area contributed by atoms with Gasteiger partial charge in [0.1, 0.15) is 12.2 Å². The number of benzene rings is 3. The van der Waals surface area contributed by atoms with Gasteiger partial charge in [-0.1, -0.05) is 36.4 Å². The van der Waals surface area contributed by atoms with Crippen LogP contribution in [0.25, 0.3) is 27.6 Å². The van der Waals surface area contributed by atoms with Crippen molar-refractivity contribution in [2.24, 2.45) is 0 Å². The van der Waals surface area contributed by atoms with Crippen molar-refractivity contribution in [3.8, 4) is 0 Å². The van der Waals surface area contributed by atoms with Gasteiger partial charge in [-0.2, -0.15) is 0 Å². The Bertz CT molecular complexity index is 1050. The van der Waals surface area contributed by atoms with E-state index in [2.05, 4.69) is 25.1 Å². The molecule has 3 heteroatoms. The van der Waals surface area contributed by atoms with Crippen LogP contribution in [-0.4, -0.2) is 21.4 Å². The molecule has 2 aliphatic carbocycles. The van der Waals surface area contributed by atoms with Crippen molar-refractivity contribution in [3.05, 3.63) is 64.2 Å². The molecule has 3 N–H and O–H groups in total. The summed E-state index contributed by atoms with van der Waals surface area (Å²) in [4.78, 5) is 0. The van der Waals surface area contributed by atoms with Crippen LogP contribution in [0.2, 0.25) is 0 Å². The molecule has 0 fully saturated rings. The second-order valence-corrected chi connectivity index (χ2v) is 6.93. The molecule has 120 valence electrons. The van der Waals surface area contributed by atoms with Crippen molar-refractivity contribution in [2.75, 3.05) is 0 Å². The first kappa shape index (κ1) is 14.2. The zero-order valence-electron chi connectivity index (χ0n) is 13.3. The van der Waals surface area contributed by atoms with E-state index in [1.807, 2.05) is 18.2 Å². The van der Waals surface area contributed by atoms with Gasteiger partial charge in [-0.3, -0.25) is 0 Å². The third kappa shape index (κ3) is 1.67. The van der Waals surface area contributed by atoms with E-state index >= 15 is 0 Å². The highest BCUT2D eigenvalue weighted by Gasteiger charge is 2.29. The summed E-state index contributed by atoms with van der Waals surface area (Å²) in [6, 6.07) is 10.2. The average molecular weight is 318 g/mol. The second kappa shape index (κ2) is 4.67. The van der Waals surface area contributed by atoms with Gasteiger partial charge in [0.15, 0.2) is 0 Å². The first-order valence-corrected chi connectivity index (χ1v) is 8.30. The summed E-state index contributed by atoms with van der Waals surface area (Å²) in [5.41, 5.74) is 5.13. The molecule has 3 aromatic carbocycles. The van der Waals surface area contributed by atoms with Gasteiger partial charge < -0.3 is 15.3 Å². The van der Waals surface area contributed by atoms with Crippen molar-refractivity contribution in [1.29, 1.82) is 0 Å². The molecule has 3 nitrogen and oxygen atoms in total. The monoisotopic (exact) mass is 318 g/mol. The fourth-order valence-electron chi connectivity index (χ4n) is 4.37. The van der Waals surface area contributed by atoms with Gasteiger partial charge in [-0.15, -0.1) is 0 Å². The Morgan fingerprint density at radius 1 is 1.00 bits per heavy atom. The molecular weight excluding hydrogens is 300 g/mol. The molecule has 0 saturated carbocycles. The topological polar surface area (TPSA) is 60.7 Å². The Morgan fingerprint density at radius 2 is 1.83 bits per heavy atom. The van der Waals surface area contributed by atoms with Crippen molar-refractivity contribution < 1.29 is 15.3 Å². The van der Waals surface area contributed by atoms with Crippen LogP contribution in [0.5, 0.6) is 0 Å². The molecule has 0 bridgehead atoms. The molecule has 24 heavy (non-hydrogen) atoms. The van der Waals surface area contributed by atoms with Gasteiger partial charge in [-0.05, 0) is 62.4 Å². The maximum atomic E-state index is 10.7. The molecule has 2 aliphatic rings. The molecule has 0 radical (unpaired) electrons. The third-order valence-electron chi connectivity index (χ3n) is 5.59. The van der Waals surface area contributed by atoms with Crippen molar-refractivity contribution in [2.45, 2.75) is 31.7 Å². The molecule has 0 saturated heterocycles. The minimum absolute atomic E-state index is 0.492. The van der Waals surface area contributed by atoms with E-state index < -0.39 is 18.3 Å². The highest BCUT2D eigenvalue weighted by molar-refractivity contribution is 6.08. The number of aliphatic hydroxyl groups is 3. The summed E-state index contributed by atoms with van der Waals surface area (Å²) in [6.07, 6.45) is 1.90. The maximum absolute atomic E-state index is 10.7. The quantitative estimate of drug-likeness (QED) is 0.557. The van der Waals surface area contributed by atoms with E-state index in [1.165, 1.54) is 16.5 Å². The minimum atomic E-state index is -0.905. The number of aryl methyl sites for hydroxylation is 1. The lowest BCUT2D eigenvalue weighted by Gasteiger charge is -2.24. The smallest absolute Gasteiger partial charge is 0.109 e. The van der Waals surface area contributed by atoms with Crippen LogP contribution in [0, 0.1) is 6.92 Å². The Kier molecular flexibility index (Phi) is 2.76. The maximum Gasteiger partial charge on any atom is 0.109 e. The third-order valence-corrected chi connectivity index (χ3v) is 5.59. The molecule has 5 rings (SSSR count). The van der Waals surface area contributed by atoms with Gasteiger partial charge in [0.05, 0.1) is 6.10 Å². The van der Waals surface area contributed by atoms with Crippen LogP contribution in [0.1, 0.15) is 40.0 Å². The molecular formula is C21H18O3. The standard InChI is InChI=1S/C21H18O3/c1-10-2-3-11-8-16-12-6-7-17(22)21(24)14(12)5-4-13(16)20-18(23)9-15(10)19(11)20/h2-8,17-18,21-24H,9H2,1H3. The average Bonchev–Trinajstić information content (AvgIpc) is 2.93. The molecule has 3 aromatic rings. The number of rotatable bonds is 0. The fraction of sp³-hybridized carbons (Fsp3) is 0.238. The SMILES string of the molecule is Cc1ccc2cc3c4c(ccc3c3c2c1CC3O)C(O)C(O)C=C4. The van der Waals surface area contributed by atoms with Crippen LogP contribution < -0.4 is 0 Å². The second-order valence-electron chi connectivity index (χ2n) is 6.93. The highest BCUT2D eigenvalue weighted by atomic mass is 16.3. The number of fused-ring (bicyclic) bond motifs is 4. The Hall–Kier alpha value is -2.20. The molecule has 3 unspecified atom stereocenters. The van der Waals surface area contributed by atoms with E-state index in [0.717, 1.165) is 32.8 Å².